The first-order valence-electron chi connectivity index (χ1n) is 9.44. The number of carbonyl (C=O) groups excluding carboxylic acids is 1. The molecule has 7 heteroatoms. The fourth-order valence-electron chi connectivity index (χ4n) is 3.25. The van der Waals surface area contributed by atoms with Gasteiger partial charge in [0.15, 0.2) is 0 Å². The number of rotatable bonds is 5. The number of carbonyl (C=O) groups is 1. The molecule has 6 nitrogen and oxygen atoms in total. The Morgan fingerprint density at radius 2 is 1.97 bits per heavy atom. The van der Waals surface area contributed by atoms with Crippen molar-refractivity contribution in [3.8, 4) is 0 Å². The first kappa shape index (κ1) is 19.8. The molecular weight excluding hydrogens is 402 g/mol. The van der Waals surface area contributed by atoms with Crippen molar-refractivity contribution >= 4 is 34.2 Å². The standard InChI is InChI=1S/C23H20ClN3O3/c1-15-7-8-21-16(10-15)11-17(22(28)26-21)13-27(14-20-6-3-9-30-20)23(29)25-19-5-2-4-18(24)12-19/h2-12H,13-14H2,1H3,(H,25,29)(H,26,28). The average Bonchev–Trinajstić information content (AvgIpc) is 3.21. The molecule has 0 unspecified atom stereocenters. The van der Waals surface area contributed by atoms with Gasteiger partial charge >= 0.3 is 6.03 Å². The number of urea groups is 1. The Kier molecular flexibility index (Phi) is 5.59. The third kappa shape index (κ3) is 4.55. The second-order valence-corrected chi connectivity index (χ2v) is 7.53. The van der Waals surface area contributed by atoms with Crippen molar-refractivity contribution in [3.05, 3.63) is 99.2 Å². The number of aromatic amines is 1. The predicted molar refractivity (Wildman–Crippen MR) is 118 cm³/mol. The maximum absolute atomic E-state index is 13.0. The van der Waals surface area contributed by atoms with Gasteiger partial charge in [0, 0.05) is 21.8 Å². The van der Waals surface area contributed by atoms with Crippen LogP contribution in [0.3, 0.4) is 0 Å². The quantitative estimate of drug-likeness (QED) is 0.458. The summed E-state index contributed by atoms with van der Waals surface area (Å²) in [5.41, 5.74) is 2.68. The highest BCUT2D eigenvalue weighted by Crippen LogP contribution is 2.18. The Balaban J connectivity index is 1.64. The molecule has 2 aromatic carbocycles. The number of hydrogen-bond acceptors (Lipinski definition) is 3. The van der Waals surface area contributed by atoms with E-state index in [1.807, 2.05) is 31.2 Å². The van der Waals surface area contributed by atoms with Gasteiger partial charge in [-0.15, -0.1) is 0 Å². The number of aromatic nitrogens is 1. The molecule has 152 valence electrons. The molecule has 0 saturated carbocycles. The van der Waals surface area contributed by atoms with Gasteiger partial charge in [-0.05, 0) is 60.8 Å². The van der Waals surface area contributed by atoms with Crippen molar-refractivity contribution in [1.29, 1.82) is 0 Å². The van der Waals surface area contributed by atoms with E-state index in [-0.39, 0.29) is 24.7 Å². The maximum atomic E-state index is 13.0. The van der Waals surface area contributed by atoms with Crippen LogP contribution in [0.25, 0.3) is 10.9 Å². The molecule has 30 heavy (non-hydrogen) atoms. The predicted octanol–water partition coefficient (Wildman–Crippen LogP) is 5.32. The zero-order valence-electron chi connectivity index (χ0n) is 16.3. The highest BCUT2D eigenvalue weighted by molar-refractivity contribution is 6.30. The van der Waals surface area contributed by atoms with Crippen LogP contribution >= 0.6 is 11.6 Å². The summed E-state index contributed by atoms with van der Waals surface area (Å²) in [6.07, 6.45) is 1.55. The summed E-state index contributed by atoms with van der Waals surface area (Å²) < 4.78 is 5.41. The molecule has 2 heterocycles. The minimum Gasteiger partial charge on any atom is -0.467 e. The summed E-state index contributed by atoms with van der Waals surface area (Å²) in [6.45, 7) is 2.32. The van der Waals surface area contributed by atoms with Crippen LogP contribution in [0.4, 0.5) is 10.5 Å². The zero-order valence-corrected chi connectivity index (χ0v) is 17.1. The average molecular weight is 422 g/mol. The molecule has 0 spiro atoms. The lowest BCUT2D eigenvalue weighted by Gasteiger charge is -2.22. The van der Waals surface area contributed by atoms with Crippen molar-refractivity contribution in [2.75, 3.05) is 5.32 Å². The number of aryl methyl sites for hydroxylation is 1. The summed E-state index contributed by atoms with van der Waals surface area (Å²) in [5.74, 6) is 0.615. The Labute approximate surface area is 178 Å². The van der Waals surface area contributed by atoms with Gasteiger partial charge in [0.2, 0.25) is 0 Å². The third-order valence-corrected chi connectivity index (χ3v) is 4.96. The van der Waals surface area contributed by atoms with Crippen LogP contribution in [0.5, 0.6) is 0 Å². The molecular formula is C23H20ClN3O3. The molecule has 0 aliphatic carbocycles. The number of furan rings is 1. The van der Waals surface area contributed by atoms with Gasteiger partial charge in [-0.2, -0.15) is 0 Å². The maximum Gasteiger partial charge on any atom is 0.322 e. The molecule has 0 aliphatic heterocycles. The largest absolute Gasteiger partial charge is 0.467 e. The number of amides is 2. The first-order chi connectivity index (χ1) is 14.5. The molecule has 0 radical (unpaired) electrons. The van der Waals surface area contributed by atoms with Gasteiger partial charge in [-0.3, -0.25) is 4.79 Å². The zero-order chi connectivity index (χ0) is 21.1. The van der Waals surface area contributed by atoms with E-state index in [1.165, 1.54) is 4.90 Å². The lowest BCUT2D eigenvalue weighted by atomic mass is 10.1. The number of anilines is 1. The Morgan fingerprint density at radius 1 is 1.10 bits per heavy atom. The molecule has 2 N–H and O–H groups in total. The molecule has 2 amide bonds. The van der Waals surface area contributed by atoms with Gasteiger partial charge in [0.1, 0.15) is 5.76 Å². The molecule has 2 aromatic heterocycles. The van der Waals surface area contributed by atoms with Crippen LogP contribution < -0.4 is 10.9 Å². The number of fused-ring (bicyclic) bond motifs is 1. The second kappa shape index (κ2) is 8.47. The first-order valence-corrected chi connectivity index (χ1v) is 9.82. The minimum absolute atomic E-state index is 0.117. The van der Waals surface area contributed by atoms with Gasteiger partial charge in [0.25, 0.3) is 5.56 Å². The molecule has 0 fully saturated rings. The van der Waals surface area contributed by atoms with E-state index in [9.17, 15) is 9.59 Å². The highest BCUT2D eigenvalue weighted by Gasteiger charge is 2.18. The van der Waals surface area contributed by atoms with Gasteiger partial charge in [-0.1, -0.05) is 29.3 Å². The van der Waals surface area contributed by atoms with Crippen molar-refractivity contribution in [2.45, 2.75) is 20.0 Å². The minimum atomic E-state index is -0.364. The summed E-state index contributed by atoms with van der Waals surface area (Å²) in [4.78, 5) is 30.0. The number of benzene rings is 2. The Hall–Kier alpha value is -3.51. The van der Waals surface area contributed by atoms with E-state index < -0.39 is 0 Å². The number of hydrogen-bond donors (Lipinski definition) is 2. The van der Waals surface area contributed by atoms with E-state index >= 15 is 0 Å². The van der Waals surface area contributed by atoms with Crippen LogP contribution in [0.1, 0.15) is 16.9 Å². The fourth-order valence-corrected chi connectivity index (χ4v) is 3.44. The van der Waals surface area contributed by atoms with Crippen LogP contribution in [0.15, 0.2) is 76.1 Å². The van der Waals surface area contributed by atoms with E-state index in [0.29, 0.717) is 22.0 Å². The summed E-state index contributed by atoms with van der Waals surface area (Å²) in [6, 6.07) is 17.7. The lowest BCUT2D eigenvalue weighted by Crippen LogP contribution is -2.35. The normalized spacial score (nSPS) is 10.9. The fraction of sp³-hybridized carbons (Fsp3) is 0.130. The van der Waals surface area contributed by atoms with Crippen LogP contribution in [0, 0.1) is 6.92 Å². The number of pyridine rings is 1. The van der Waals surface area contributed by atoms with Gasteiger partial charge < -0.3 is 19.6 Å². The van der Waals surface area contributed by atoms with Gasteiger partial charge in [0.05, 0.1) is 19.4 Å². The van der Waals surface area contributed by atoms with E-state index in [2.05, 4.69) is 10.3 Å². The molecule has 0 aliphatic rings. The number of nitrogens with zero attached hydrogens (tertiary/aromatic N) is 1. The van der Waals surface area contributed by atoms with Crippen LogP contribution in [-0.2, 0) is 13.1 Å². The van der Waals surface area contributed by atoms with E-state index in [1.54, 1.807) is 42.7 Å². The smallest absolute Gasteiger partial charge is 0.322 e. The molecule has 0 atom stereocenters. The van der Waals surface area contributed by atoms with E-state index in [4.69, 9.17) is 16.0 Å². The second-order valence-electron chi connectivity index (χ2n) is 7.09. The summed E-state index contributed by atoms with van der Waals surface area (Å²) >= 11 is 6.02. The molecule has 4 rings (SSSR count). The SMILES string of the molecule is Cc1ccc2[nH]c(=O)c(CN(Cc3ccco3)C(=O)Nc3cccc(Cl)c3)cc2c1. The topological polar surface area (TPSA) is 78.3 Å². The lowest BCUT2D eigenvalue weighted by molar-refractivity contribution is 0.201. The van der Waals surface area contributed by atoms with E-state index in [0.717, 1.165) is 16.5 Å². The van der Waals surface area contributed by atoms with Crippen LogP contribution in [0.2, 0.25) is 5.02 Å². The van der Waals surface area contributed by atoms with Crippen molar-refractivity contribution < 1.29 is 9.21 Å². The van der Waals surface area contributed by atoms with Crippen molar-refractivity contribution in [1.82, 2.24) is 9.88 Å². The molecule has 0 bridgehead atoms. The number of halogens is 1. The highest BCUT2D eigenvalue weighted by atomic mass is 35.5. The third-order valence-electron chi connectivity index (χ3n) is 4.73. The van der Waals surface area contributed by atoms with Crippen molar-refractivity contribution in [2.24, 2.45) is 0 Å². The molecule has 0 saturated heterocycles. The summed E-state index contributed by atoms with van der Waals surface area (Å²) in [5, 5.41) is 4.26. The number of H-pyrrole nitrogens is 1. The van der Waals surface area contributed by atoms with Crippen molar-refractivity contribution in [3.63, 3.8) is 0 Å². The van der Waals surface area contributed by atoms with Crippen LogP contribution in [-0.4, -0.2) is 15.9 Å². The summed E-state index contributed by atoms with van der Waals surface area (Å²) in [7, 11) is 0. The number of nitrogens with one attached hydrogen (secondary N) is 2. The molecule has 4 aromatic rings. The Morgan fingerprint density at radius 3 is 2.73 bits per heavy atom. The Bertz CT molecular complexity index is 1250. The van der Waals surface area contributed by atoms with Gasteiger partial charge in [-0.25, -0.2) is 4.79 Å². The monoisotopic (exact) mass is 421 g/mol.